The molecule has 0 N–H and O–H groups in total. The summed E-state index contributed by atoms with van der Waals surface area (Å²) in [5.41, 5.74) is 2.03. The summed E-state index contributed by atoms with van der Waals surface area (Å²) in [5, 5.41) is 17.4. The van der Waals surface area contributed by atoms with E-state index in [0.29, 0.717) is 12.2 Å². The van der Waals surface area contributed by atoms with Gasteiger partial charge < -0.3 is 14.2 Å². The van der Waals surface area contributed by atoms with Crippen LogP contribution in [0, 0.1) is 10.1 Å². The number of benzene rings is 3. The molecular formula is C26H23N3O7. The van der Waals surface area contributed by atoms with Crippen molar-refractivity contribution < 1.29 is 28.7 Å². The molecule has 0 aliphatic carbocycles. The maximum absolute atomic E-state index is 13.2. The smallest absolute Gasteiger partial charge is 0.338 e. The van der Waals surface area contributed by atoms with Crippen LogP contribution in [0.5, 0.6) is 11.5 Å². The largest absolute Gasteiger partial charge is 0.497 e. The number of rotatable bonds is 8. The van der Waals surface area contributed by atoms with Crippen molar-refractivity contribution in [2.24, 2.45) is 5.10 Å². The zero-order valence-electron chi connectivity index (χ0n) is 19.6. The summed E-state index contributed by atoms with van der Waals surface area (Å²) in [6.45, 7) is -0.489. The molecule has 1 heterocycles. The molecule has 1 amide bonds. The number of nitrogens with zero attached hydrogens (tertiary/aromatic N) is 3. The highest BCUT2D eigenvalue weighted by atomic mass is 16.6. The van der Waals surface area contributed by atoms with Gasteiger partial charge in [-0.25, -0.2) is 9.80 Å². The van der Waals surface area contributed by atoms with E-state index in [9.17, 15) is 19.7 Å². The van der Waals surface area contributed by atoms with Gasteiger partial charge in [-0.05, 0) is 35.4 Å². The van der Waals surface area contributed by atoms with Crippen LogP contribution in [0.1, 0.15) is 33.9 Å². The molecule has 36 heavy (non-hydrogen) atoms. The number of carbonyl (C=O) groups excluding carboxylic acids is 2. The van der Waals surface area contributed by atoms with Crippen molar-refractivity contribution in [3.8, 4) is 11.5 Å². The van der Waals surface area contributed by atoms with Gasteiger partial charge in [0.15, 0.2) is 12.4 Å². The molecular weight excluding hydrogens is 466 g/mol. The molecule has 4 rings (SSSR count). The Morgan fingerprint density at radius 2 is 1.78 bits per heavy atom. The normalized spacial score (nSPS) is 14.7. The number of ether oxygens (including phenoxy) is 3. The number of hydrogen-bond donors (Lipinski definition) is 0. The lowest BCUT2D eigenvalue weighted by Gasteiger charge is -2.22. The van der Waals surface area contributed by atoms with Crippen molar-refractivity contribution in [1.29, 1.82) is 0 Å². The summed E-state index contributed by atoms with van der Waals surface area (Å²) in [6.07, 6.45) is 0.482. The van der Waals surface area contributed by atoms with Gasteiger partial charge in [0.1, 0.15) is 5.75 Å². The van der Waals surface area contributed by atoms with Crippen LogP contribution in [0.2, 0.25) is 0 Å². The van der Waals surface area contributed by atoms with E-state index in [1.54, 1.807) is 19.2 Å². The van der Waals surface area contributed by atoms with Gasteiger partial charge in [0.05, 0.1) is 36.5 Å². The maximum Gasteiger partial charge on any atom is 0.338 e. The predicted molar refractivity (Wildman–Crippen MR) is 130 cm³/mol. The minimum atomic E-state index is -0.720. The van der Waals surface area contributed by atoms with Crippen LogP contribution >= 0.6 is 0 Å². The third-order valence-corrected chi connectivity index (χ3v) is 5.70. The minimum Gasteiger partial charge on any atom is -0.497 e. The van der Waals surface area contributed by atoms with Crippen molar-refractivity contribution in [2.45, 2.75) is 12.5 Å². The Balaban J connectivity index is 1.58. The van der Waals surface area contributed by atoms with Crippen LogP contribution in [0.3, 0.4) is 0 Å². The lowest BCUT2D eigenvalue weighted by molar-refractivity contribution is -0.385. The molecule has 0 saturated heterocycles. The number of carbonyl (C=O) groups is 2. The molecule has 1 atom stereocenters. The van der Waals surface area contributed by atoms with Crippen molar-refractivity contribution in [3.05, 3.63) is 99.6 Å². The second-order valence-electron chi connectivity index (χ2n) is 7.86. The number of hydrazone groups is 1. The second kappa shape index (κ2) is 10.7. The molecule has 0 fully saturated rings. The van der Waals surface area contributed by atoms with E-state index in [1.807, 2.05) is 42.5 Å². The van der Waals surface area contributed by atoms with Gasteiger partial charge >= 0.3 is 11.7 Å². The molecule has 0 aromatic heterocycles. The first-order valence-corrected chi connectivity index (χ1v) is 11.0. The van der Waals surface area contributed by atoms with Gasteiger partial charge in [-0.1, -0.05) is 42.5 Å². The Bertz CT molecular complexity index is 1310. The van der Waals surface area contributed by atoms with Gasteiger partial charge in [0.2, 0.25) is 0 Å². The van der Waals surface area contributed by atoms with Gasteiger partial charge in [-0.15, -0.1) is 0 Å². The van der Waals surface area contributed by atoms with Crippen LogP contribution in [-0.2, 0) is 9.53 Å². The van der Waals surface area contributed by atoms with Crippen molar-refractivity contribution in [3.63, 3.8) is 0 Å². The lowest BCUT2D eigenvalue weighted by atomic mass is 9.98. The first-order valence-electron chi connectivity index (χ1n) is 11.0. The Hall–Kier alpha value is -4.73. The summed E-state index contributed by atoms with van der Waals surface area (Å²) < 4.78 is 15.4. The monoisotopic (exact) mass is 489 g/mol. The molecule has 3 aromatic carbocycles. The van der Waals surface area contributed by atoms with E-state index in [0.717, 1.165) is 22.9 Å². The maximum atomic E-state index is 13.2. The summed E-state index contributed by atoms with van der Waals surface area (Å²) in [5.74, 6) is -0.658. The highest BCUT2D eigenvalue weighted by molar-refractivity contribution is 6.03. The number of nitro groups is 1. The van der Waals surface area contributed by atoms with Crippen molar-refractivity contribution in [2.75, 3.05) is 20.8 Å². The minimum absolute atomic E-state index is 0.000841. The molecule has 3 aromatic rings. The van der Waals surface area contributed by atoms with Crippen LogP contribution in [0.25, 0.3) is 0 Å². The molecule has 1 aliphatic heterocycles. The van der Waals surface area contributed by atoms with Crippen molar-refractivity contribution >= 4 is 23.3 Å². The summed E-state index contributed by atoms with van der Waals surface area (Å²) in [4.78, 5) is 35.8. The molecule has 10 nitrogen and oxygen atoms in total. The predicted octanol–water partition coefficient (Wildman–Crippen LogP) is 4.15. The molecule has 1 aliphatic rings. The van der Waals surface area contributed by atoms with E-state index in [2.05, 4.69) is 9.84 Å². The molecule has 10 heteroatoms. The highest BCUT2D eigenvalue weighted by Crippen LogP contribution is 2.34. The van der Waals surface area contributed by atoms with E-state index in [-0.39, 0.29) is 17.4 Å². The standard InChI is InChI=1S/C26H23N3O7/c1-34-20-11-8-18(9-12-20)22-15-21(17-6-4-3-5-7-17)27-28(22)25(30)16-36-24-13-10-19(26(31)35-2)14-23(24)29(32)33/h3-14,22H,15-16H2,1-2H3. The van der Waals surface area contributed by atoms with E-state index in [1.165, 1.54) is 24.3 Å². The fraction of sp³-hybridized carbons (Fsp3) is 0.192. The molecule has 0 radical (unpaired) electrons. The summed E-state index contributed by atoms with van der Waals surface area (Å²) >= 11 is 0. The highest BCUT2D eigenvalue weighted by Gasteiger charge is 2.33. The van der Waals surface area contributed by atoms with Crippen LogP contribution in [0.4, 0.5) is 5.69 Å². The molecule has 184 valence electrons. The van der Waals surface area contributed by atoms with E-state index >= 15 is 0 Å². The SMILES string of the molecule is COC(=O)c1ccc(OCC(=O)N2N=C(c3ccccc3)CC2c2ccc(OC)cc2)c([N+](=O)[O-])c1. The molecule has 0 spiro atoms. The Labute approximate surface area is 206 Å². The number of nitro benzene ring substituents is 1. The summed E-state index contributed by atoms with van der Waals surface area (Å²) in [6, 6.07) is 20.1. The Kier molecular flexibility index (Phi) is 7.24. The quantitative estimate of drug-likeness (QED) is 0.265. The van der Waals surface area contributed by atoms with Crippen LogP contribution in [0.15, 0.2) is 77.9 Å². The second-order valence-corrected chi connectivity index (χ2v) is 7.86. The van der Waals surface area contributed by atoms with Crippen LogP contribution < -0.4 is 9.47 Å². The molecule has 1 unspecified atom stereocenters. The number of hydrogen-bond acceptors (Lipinski definition) is 8. The average Bonchev–Trinajstić information content (AvgIpc) is 3.37. The lowest BCUT2D eigenvalue weighted by Crippen LogP contribution is -2.31. The first kappa shape index (κ1) is 24.4. The number of esters is 1. The van der Waals surface area contributed by atoms with Crippen LogP contribution in [-0.4, -0.2) is 48.3 Å². The first-order chi connectivity index (χ1) is 17.4. The Morgan fingerprint density at radius 1 is 1.06 bits per heavy atom. The van der Waals surface area contributed by atoms with Gasteiger partial charge in [-0.3, -0.25) is 14.9 Å². The van der Waals surface area contributed by atoms with Crippen molar-refractivity contribution in [1.82, 2.24) is 5.01 Å². The molecule has 0 bridgehead atoms. The summed E-state index contributed by atoms with van der Waals surface area (Å²) in [7, 11) is 2.75. The number of methoxy groups -OCH3 is 2. The number of amides is 1. The van der Waals surface area contributed by atoms with Gasteiger partial charge in [-0.2, -0.15) is 5.10 Å². The topological polar surface area (TPSA) is 121 Å². The van der Waals surface area contributed by atoms with E-state index < -0.39 is 29.1 Å². The van der Waals surface area contributed by atoms with E-state index in [4.69, 9.17) is 9.47 Å². The van der Waals surface area contributed by atoms with Gasteiger partial charge in [0, 0.05) is 12.5 Å². The Morgan fingerprint density at radius 3 is 2.42 bits per heavy atom. The third kappa shape index (κ3) is 5.17. The average molecular weight is 489 g/mol. The zero-order valence-corrected chi connectivity index (χ0v) is 19.6. The third-order valence-electron chi connectivity index (χ3n) is 5.70. The zero-order chi connectivity index (χ0) is 25.7. The fourth-order valence-corrected chi connectivity index (χ4v) is 3.86. The molecule has 0 saturated carbocycles. The van der Waals surface area contributed by atoms with Gasteiger partial charge in [0.25, 0.3) is 5.91 Å². The fourth-order valence-electron chi connectivity index (χ4n) is 3.86.